The molecule has 0 spiro atoms. The summed E-state index contributed by atoms with van der Waals surface area (Å²) in [6, 6.07) is 4.28. The van der Waals surface area contributed by atoms with Gasteiger partial charge in [0.1, 0.15) is 12.3 Å². The van der Waals surface area contributed by atoms with Crippen LogP contribution in [0.5, 0.6) is 5.75 Å². The second-order valence-corrected chi connectivity index (χ2v) is 5.68. The first kappa shape index (κ1) is 19.6. The zero-order valence-corrected chi connectivity index (χ0v) is 15.0. The minimum absolute atomic E-state index is 0. The van der Waals surface area contributed by atoms with Crippen LogP contribution >= 0.6 is 12.4 Å². The molecule has 10 nitrogen and oxygen atoms in total. The molecule has 1 atom stereocenters. The maximum Gasteiger partial charge on any atom is 0.271 e. The summed E-state index contributed by atoms with van der Waals surface area (Å²) < 4.78 is 10.5. The van der Waals surface area contributed by atoms with Gasteiger partial charge in [0.05, 0.1) is 10.6 Å². The Morgan fingerprint density at radius 3 is 2.92 bits per heavy atom. The van der Waals surface area contributed by atoms with Gasteiger partial charge in [-0.15, -0.1) is 12.4 Å². The normalized spacial score (nSPS) is 14.2. The molecule has 0 fully saturated rings. The highest BCUT2D eigenvalue weighted by Crippen LogP contribution is 2.35. The molecule has 0 saturated heterocycles. The largest absolute Gasteiger partial charge is 0.482 e. The number of nitrogens with one attached hydrogen (secondary N) is 1. The maximum absolute atomic E-state index is 12.2. The molecule has 26 heavy (non-hydrogen) atoms. The first-order valence-electron chi connectivity index (χ1n) is 7.68. The fraction of sp³-hybridized carbons (Fsp3) is 0.400. The van der Waals surface area contributed by atoms with Crippen molar-refractivity contribution in [2.75, 3.05) is 18.6 Å². The van der Waals surface area contributed by atoms with E-state index in [0.717, 1.165) is 0 Å². The second-order valence-electron chi connectivity index (χ2n) is 5.68. The topological polar surface area (TPSA) is 124 Å². The van der Waals surface area contributed by atoms with Crippen LogP contribution in [0, 0.1) is 10.1 Å². The highest BCUT2D eigenvalue weighted by Gasteiger charge is 2.29. The van der Waals surface area contributed by atoms with Crippen molar-refractivity contribution in [2.24, 2.45) is 0 Å². The summed E-state index contributed by atoms with van der Waals surface area (Å²) in [5.74, 6) is 0.841. The molecule has 0 aliphatic carbocycles. The molecule has 0 bridgehead atoms. The third-order valence-electron chi connectivity index (χ3n) is 3.88. The molecule has 2 heterocycles. The minimum atomic E-state index is -0.526. The van der Waals surface area contributed by atoms with E-state index < -0.39 is 4.92 Å². The van der Waals surface area contributed by atoms with Crippen molar-refractivity contribution >= 4 is 29.7 Å². The van der Waals surface area contributed by atoms with E-state index in [1.54, 1.807) is 0 Å². The monoisotopic (exact) mass is 383 g/mol. The summed E-state index contributed by atoms with van der Waals surface area (Å²) in [7, 11) is 1.84. The molecular weight excluding hydrogens is 366 g/mol. The predicted octanol–water partition coefficient (Wildman–Crippen LogP) is 1.48. The van der Waals surface area contributed by atoms with Crippen LogP contribution in [0.4, 0.5) is 11.4 Å². The van der Waals surface area contributed by atoms with Gasteiger partial charge >= 0.3 is 0 Å². The molecule has 140 valence electrons. The number of nitro groups is 1. The number of benzene rings is 1. The number of ether oxygens (including phenoxy) is 1. The summed E-state index contributed by atoms with van der Waals surface area (Å²) in [6.07, 6.45) is 0.582. The first-order valence-corrected chi connectivity index (χ1v) is 7.68. The number of likely N-dealkylation sites (N-methyl/N-ethyl adjacent to an activating group) is 1. The first-order chi connectivity index (χ1) is 12.0. The molecule has 0 radical (unpaired) electrons. The van der Waals surface area contributed by atoms with Gasteiger partial charge in [0.25, 0.3) is 11.6 Å². The lowest BCUT2D eigenvalue weighted by Crippen LogP contribution is -2.38. The number of rotatable bonds is 6. The number of nitro benzene ring substituents is 1. The molecule has 3 rings (SSSR count). The number of hydrogen-bond donors (Lipinski definition) is 1. The van der Waals surface area contributed by atoms with Gasteiger partial charge in [-0.25, -0.2) is 0 Å². The van der Waals surface area contributed by atoms with Crippen molar-refractivity contribution < 1.29 is 19.0 Å². The van der Waals surface area contributed by atoms with Crippen molar-refractivity contribution in [1.29, 1.82) is 0 Å². The number of halogens is 1. The van der Waals surface area contributed by atoms with Crippen molar-refractivity contribution in [2.45, 2.75) is 25.9 Å². The standard InChI is InChI=1S/C15H17N5O5.ClH/c1-9(16-2)5-13-17-14(25-18-13)7-19-11-6-10(20(22)23)3-4-12(11)24-8-15(19)21;/h3-4,6,9,16H,5,7-8H2,1-2H3;1H. The van der Waals surface area contributed by atoms with Gasteiger partial charge in [-0.3, -0.25) is 19.8 Å². The highest BCUT2D eigenvalue weighted by atomic mass is 35.5. The Morgan fingerprint density at radius 2 is 2.23 bits per heavy atom. The Morgan fingerprint density at radius 1 is 1.46 bits per heavy atom. The number of amides is 1. The van der Waals surface area contributed by atoms with E-state index in [-0.39, 0.29) is 49.1 Å². The van der Waals surface area contributed by atoms with E-state index in [1.807, 2.05) is 14.0 Å². The van der Waals surface area contributed by atoms with Crippen LogP contribution in [-0.4, -0.2) is 40.7 Å². The molecule has 1 N–H and O–H groups in total. The van der Waals surface area contributed by atoms with Crippen molar-refractivity contribution in [3.05, 3.63) is 40.0 Å². The van der Waals surface area contributed by atoms with Crippen LogP contribution in [0.1, 0.15) is 18.6 Å². The number of hydrogen-bond acceptors (Lipinski definition) is 8. The number of carbonyl (C=O) groups is 1. The molecule has 1 amide bonds. The average molecular weight is 384 g/mol. The number of aromatic nitrogens is 2. The van der Waals surface area contributed by atoms with Gasteiger partial charge in [0.15, 0.2) is 12.4 Å². The third-order valence-corrected chi connectivity index (χ3v) is 3.88. The molecule has 1 aromatic carbocycles. The number of carbonyl (C=O) groups excluding carboxylic acids is 1. The van der Waals surface area contributed by atoms with Crippen molar-refractivity contribution in [3.8, 4) is 5.75 Å². The Hall–Kier alpha value is -2.72. The molecule has 0 saturated carbocycles. The van der Waals surface area contributed by atoms with E-state index in [9.17, 15) is 14.9 Å². The Kier molecular flexibility index (Phi) is 6.11. The van der Waals surface area contributed by atoms with E-state index in [1.165, 1.54) is 23.1 Å². The Balaban J connectivity index is 0.00000243. The van der Waals surface area contributed by atoms with Gasteiger partial charge < -0.3 is 14.6 Å². The number of fused-ring (bicyclic) bond motifs is 1. The van der Waals surface area contributed by atoms with Crippen LogP contribution in [0.15, 0.2) is 22.7 Å². The Bertz CT molecular complexity index is 811. The third kappa shape index (κ3) is 4.09. The van der Waals surface area contributed by atoms with Crippen LogP contribution in [-0.2, 0) is 17.8 Å². The fourth-order valence-corrected chi connectivity index (χ4v) is 2.43. The smallest absolute Gasteiger partial charge is 0.271 e. The lowest BCUT2D eigenvalue weighted by Gasteiger charge is -2.27. The number of anilines is 1. The average Bonchev–Trinajstić information content (AvgIpc) is 3.03. The maximum atomic E-state index is 12.2. The number of non-ortho nitro benzene ring substituents is 1. The van der Waals surface area contributed by atoms with Crippen LogP contribution in [0.2, 0.25) is 0 Å². The Labute approximate surface area is 155 Å². The lowest BCUT2D eigenvalue weighted by atomic mass is 10.2. The van der Waals surface area contributed by atoms with E-state index in [0.29, 0.717) is 23.7 Å². The van der Waals surface area contributed by atoms with E-state index >= 15 is 0 Å². The summed E-state index contributed by atoms with van der Waals surface area (Å²) >= 11 is 0. The van der Waals surface area contributed by atoms with Gasteiger partial charge in [-0.2, -0.15) is 4.98 Å². The fourth-order valence-electron chi connectivity index (χ4n) is 2.43. The summed E-state index contributed by atoms with van der Waals surface area (Å²) in [5, 5.41) is 17.9. The SMILES string of the molecule is CNC(C)Cc1noc(CN2C(=O)COc3ccc([N+](=O)[O-])cc32)n1.Cl. The zero-order chi connectivity index (χ0) is 18.0. The summed E-state index contributed by atoms with van der Waals surface area (Å²) in [6.45, 7) is 1.86. The minimum Gasteiger partial charge on any atom is -0.482 e. The quantitative estimate of drug-likeness (QED) is 0.587. The zero-order valence-electron chi connectivity index (χ0n) is 14.2. The highest BCUT2D eigenvalue weighted by molar-refractivity contribution is 5.98. The molecule has 1 aromatic heterocycles. The molecule has 2 aromatic rings. The molecule has 1 aliphatic rings. The van der Waals surface area contributed by atoms with E-state index in [4.69, 9.17) is 9.26 Å². The second kappa shape index (κ2) is 8.11. The van der Waals surface area contributed by atoms with Crippen LogP contribution in [0.25, 0.3) is 0 Å². The van der Waals surface area contributed by atoms with Crippen molar-refractivity contribution in [1.82, 2.24) is 15.5 Å². The molecular formula is C15H18ClN5O5. The van der Waals surface area contributed by atoms with Gasteiger partial charge in [0, 0.05) is 24.6 Å². The van der Waals surface area contributed by atoms with Gasteiger partial charge in [0.2, 0.25) is 5.89 Å². The van der Waals surface area contributed by atoms with Gasteiger partial charge in [-0.05, 0) is 20.0 Å². The van der Waals surface area contributed by atoms with Gasteiger partial charge in [-0.1, -0.05) is 5.16 Å². The summed E-state index contributed by atoms with van der Waals surface area (Å²) in [4.78, 5) is 28.3. The predicted molar refractivity (Wildman–Crippen MR) is 93.6 cm³/mol. The molecule has 1 unspecified atom stereocenters. The molecule has 11 heteroatoms. The number of nitrogens with zero attached hydrogens (tertiary/aromatic N) is 4. The molecule has 1 aliphatic heterocycles. The summed E-state index contributed by atoms with van der Waals surface area (Å²) in [5.41, 5.74) is 0.185. The van der Waals surface area contributed by atoms with Crippen LogP contribution < -0.4 is 15.0 Å². The lowest BCUT2D eigenvalue weighted by molar-refractivity contribution is -0.384. The van der Waals surface area contributed by atoms with Crippen LogP contribution in [0.3, 0.4) is 0 Å². The van der Waals surface area contributed by atoms with E-state index in [2.05, 4.69) is 15.5 Å². The van der Waals surface area contributed by atoms with Crippen molar-refractivity contribution in [3.63, 3.8) is 0 Å².